The first kappa shape index (κ1) is 18.7. The summed E-state index contributed by atoms with van der Waals surface area (Å²) in [6.45, 7) is 0.338. The number of pyridine rings is 1. The van der Waals surface area contributed by atoms with Gasteiger partial charge in [-0.15, -0.1) is 0 Å². The smallest absolute Gasteiger partial charge is 0.225 e. The Morgan fingerprint density at radius 2 is 1.92 bits per heavy atom. The van der Waals surface area contributed by atoms with Crippen molar-refractivity contribution >= 4 is 21.6 Å². The number of amides is 1. The molecule has 1 aromatic carbocycles. The van der Waals surface area contributed by atoms with Crippen LogP contribution in [0.5, 0.6) is 11.5 Å². The molecule has 0 atom stereocenters. The van der Waals surface area contributed by atoms with Gasteiger partial charge in [0.2, 0.25) is 5.91 Å². The lowest BCUT2D eigenvalue weighted by atomic mass is 10.3. The number of methoxy groups -OCH3 is 1. The molecule has 0 aliphatic carbocycles. The van der Waals surface area contributed by atoms with Crippen molar-refractivity contribution in [3.8, 4) is 11.5 Å². The fourth-order valence-electron chi connectivity index (χ4n) is 2.05. The van der Waals surface area contributed by atoms with Gasteiger partial charge in [0.1, 0.15) is 5.75 Å². The molecule has 1 heterocycles. The number of nitrogens with one attached hydrogen (secondary N) is 1. The Kier molecular flexibility index (Phi) is 6.35. The van der Waals surface area contributed by atoms with E-state index in [2.05, 4.69) is 10.3 Å². The van der Waals surface area contributed by atoms with Gasteiger partial charge in [-0.05, 0) is 42.8 Å². The monoisotopic (exact) mass is 364 g/mol. The van der Waals surface area contributed by atoms with E-state index in [4.69, 9.17) is 9.47 Å². The molecule has 0 spiro atoms. The second-order valence-corrected chi connectivity index (χ2v) is 7.31. The van der Waals surface area contributed by atoms with Crippen molar-refractivity contribution in [1.29, 1.82) is 0 Å². The SMILES string of the molecule is COc1cccnc1NC(=O)CCCOc1ccc(S(C)(=O)=O)cc1. The Labute approximate surface area is 146 Å². The van der Waals surface area contributed by atoms with Gasteiger partial charge in [0.15, 0.2) is 21.4 Å². The van der Waals surface area contributed by atoms with Crippen LogP contribution in [0.15, 0.2) is 47.5 Å². The molecule has 25 heavy (non-hydrogen) atoms. The number of aromatic nitrogens is 1. The summed E-state index contributed by atoms with van der Waals surface area (Å²) < 4.78 is 33.4. The summed E-state index contributed by atoms with van der Waals surface area (Å²) in [6.07, 6.45) is 3.50. The van der Waals surface area contributed by atoms with Crippen LogP contribution in [0.3, 0.4) is 0 Å². The third kappa shape index (κ3) is 5.75. The van der Waals surface area contributed by atoms with E-state index in [0.717, 1.165) is 6.26 Å². The molecule has 8 heteroatoms. The second-order valence-electron chi connectivity index (χ2n) is 5.30. The fraction of sp³-hybridized carbons (Fsp3) is 0.294. The Morgan fingerprint density at radius 1 is 1.20 bits per heavy atom. The fourth-order valence-corrected chi connectivity index (χ4v) is 2.68. The van der Waals surface area contributed by atoms with Gasteiger partial charge < -0.3 is 14.8 Å². The van der Waals surface area contributed by atoms with Gasteiger partial charge in [-0.1, -0.05) is 0 Å². The Hall–Kier alpha value is -2.61. The molecule has 0 fully saturated rings. The molecule has 1 aromatic heterocycles. The van der Waals surface area contributed by atoms with E-state index in [1.54, 1.807) is 30.5 Å². The molecule has 0 unspecified atom stereocenters. The number of rotatable bonds is 8. The van der Waals surface area contributed by atoms with Crippen molar-refractivity contribution in [2.75, 3.05) is 25.3 Å². The predicted molar refractivity (Wildman–Crippen MR) is 93.7 cm³/mol. The molecule has 2 rings (SSSR count). The van der Waals surface area contributed by atoms with Crippen LogP contribution in [0.2, 0.25) is 0 Å². The second kappa shape index (κ2) is 8.48. The highest BCUT2D eigenvalue weighted by Crippen LogP contribution is 2.20. The minimum Gasteiger partial charge on any atom is -0.494 e. The molecule has 0 bridgehead atoms. The molecule has 2 aromatic rings. The summed E-state index contributed by atoms with van der Waals surface area (Å²) in [5.41, 5.74) is 0. The lowest BCUT2D eigenvalue weighted by molar-refractivity contribution is -0.116. The first-order valence-corrected chi connectivity index (χ1v) is 9.51. The van der Waals surface area contributed by atoms with Crippen LogP contribution in [0.1, 0.15) is 12.8 Å². The number of ether oxygens (including phenoxy) is 2. The molecule has 0 radical (unpaired) electrons. The van der Waals surface area contributed by atoms with Gasteiger partial charge in [0, 0.05) is 18.9 Å². The largest absolute Gasteiger partial charge is 0.494 e. The van der Waals surface area contributed by atoms with Crippen molar-refractivity contribution in [2.24, 2.45) is 0 Å². The minimum absolute atomic E-state index is 0.187. The zero-order chi connectivity index (χ0) is 18.3. The molecule has 0 aliphatic heterocycles. The minimum atomic E-state index is -3.22. The summed E-state index contributed by atoms with van der Waals surface area (Å²) in [5.74, 6) is 1.25. The molecule has 1 amide bonds. The van der Waals surface area contributed by atoms with Crippen LogP contribution >= 0.6 is 0 Å². The average molecular weight is 364 g/mol. The van der Waals surface area contributed by atoms with Crippen molar-refractivity contribution in [3.05, 3.63) is 42.6 Å². The number of hydrogen-bond donors (Lipinski definition) is 1. The van der Waals surface area contributed by atoms with Gasteiger partial charge in [-0.25, -0.2) is 13.4 Å². The summed E-state index contributed by atoms with van der Waals surface area (Å²) in [6, 6.07) is 9.60. The van der Waals surface area contributed by atoms with E-state index < -0.39 is 9.84 Å². The van der Waals surface area contributed by atoms with E-state index in [1.807, 2.05) is 0 Å². The van der Waals surface area contributed by atoms with Crippen molar-refractivity contribution < 1.29 is 22.7 Å². The maximum absolute atomic E-state index is 11.9. The third-order valence-electron chi connectivity index (χ3n) is 3.32. The molecule has 7 nitrogen and oxygen atoms in total. The lowest BCUT2D eigenvalue weighted by Crippen LogP contribution is -2.14. The van der Waals surface area contributed by atoms with E-state index in [0.29, 0.717) is 30.3 Å². The van der Waals surface area contributed by atoms with E-state index >= 15 is 0 Å². The zero-order valence-electron chi connectivity index (χ0n) is 14.1. The van der Waals surface area contributed by atoms with Crippen molar-refractivity contribution in [1.82, 2.24) is 4.98 Å². The van der Waals surface area contributed by atoms with Crippen LogP contribution in [-0.2, 0) is 14.6 Å². The molecule has 134 valence electrons. The summed E-state index contributed by atoms with van der Waals surface area (Å²) in [5, 5.41) is 2.69. The van der Waals surface area contributed by atoms with Gasteiger partial charge in [-0.3, -0.25) is 4.79 Å². The number of hydrogen-bond acceptors (Lipinski definition) is 6. The number of benzene rings is 1. The standard InChI is InChI=1S/C17H20N2O5S/c1-23-15-5-3-11-18-17(15)19-16(20)6-4-12-24-13-7-9-14(10-8-13)25(2,21)22/h3,5,7-11H,4,6,12H2,1-2H3,(H,18,19,20). The molecule has 0 saturated heterocycles. The van der Waals surface area contributed by atoms with Crippen LogP contribution in [0, 0.1) is 0 Å². The number of carbonyl (C=O) groups excluding carboxylic acids is 1. The van der Waals surface area contributed by atoms with Crippen molar-refractivity contribution in [2.45, 2.75) is 17.7 Å². The van der Waals surface area contributed by atoms with E-state index in [9.17, 15) is 13.2 Å². The maximum atomic E-state index is 11.9. The summed E-state index contributed by atoms with van der Waals surface area (Å²) in [7, 11) is -1.71. The number of nitrogens with zero attached hydrogens (tertiary/aromatic N) is 1. The van der Waals surface area contributed by atoms with E-state index in [-0.39, 0.29) is 17.2 Å². The summed E-state index contributed by atoms with van der Waals surface area (Å²) >= 11 is 0. The van der Waals surface area contributed by atoms with Crippen LogP contribution in [0.25, 0.3) is 0 Å². The van der Waals surface area contributed by atoms with Gasteiger partial charge in [0.25, 0.3) is 0 Å². The molecule has 0 aliphatic rings. The maximum Gasteiger partial charge on any atom is 0.225 e. The number of carbonyl (C=O) groups is 1. The van der Waals surface area contributed by atoms with E-state index in [1.165, 1.54) is 19.2 Å². The Bertz CT molecular complexity index is 819. The normalized spacial score (nSPS) is 11.0. The van der Waals surface area contributed by atoms with Gasteiger partial charge >= 0.3 is 0 Å². The first-order valence-electron chi connectivity index (χ1n) is 7.62. The van der Waals surface area contributed by atoms with Crippen LogP contribution in [-0.4, -0.2) is 39.3 Å². The lowest BCUT2D eigenvalue weighted by Gasteiger charge is -2.09. The third-order valence-corrected chi connectivity index (χ3v) is 4.45. The van der Waals surface area contributed by atoms with Crippen LogP contribution < -0.4 is 14.8 Å². The van der Waals surface area contributed by atoms with Crippen LogP contribution in [0.4, 0.5) is 5.82 Å². The zero-order valence-corrected chi connectivity index (χ0v) is 14.9. The quantitative estimate of drug-likeness (QED) is 0.722. The Balaban J connectivity index is 1.76. The van der Waals surface area contributed by atoms with Gasteiger partial charge in [0.05, 0.1) is 18.6 Å². The highest BCUT2D eigenvalue weighted by atomic mass is 32.2. The molecule has 1 N–H and O–H groups in total. The predicted octanol–water partition coefficient (Wildman–Crippen LogP) is 2.29. The highest BCUT2D eigenvalue weighted by Gasteiger charge is 2.09. The highest BCUT2D eigenvalue weighted by molar-refractivity contribution is 7.90. The molecule has 0 saturated carbocycles. The Morgan fingerprint density at radius 3 is 2.56 bits per heavy atom. The molecular weight excluding hydrogens is 344 g/mol. The topological polar surface area (TPSA) is 94.6 Å². The number of anilines is 1. The first-order chi connectivity index (χ1) is 11.9. The average Bonchev–Trinajstić information content (AvgIpc) is 2.59. The number of sulfone groups is 1. The summed E-state index contributed by atoms with van der Waals surface area (Å²) in [4.78, 5) is 16.2. The van der Waals surface area contributed by atoms with Crippen molar-refractivity contribution in [3.63, 3.8) is 0 Å². The molecular formula is C17H20N2O5S. The van der Waals surface area contributed by atoms with Gasteiger partial charge in [-0.2, -0.15) is 0 Å².